The standard InChI is InChI=1S/C14H26N2O/c1-11-6-5-7-12(2)14(11)15-10-13(17)16-8-3-4-9-16/h11-12,14-15H,3-10H2,1-2H3. The quantitative estimate of drug-likeness (QED) is 0.816. The van der Waals surface area contributed by atoms with E-state index >= 15 is 0 Å². The van der Waals surface area contributed by atoms with Crippen molar-refractivity contribution < 1.29 is 4.79 Å². The highest BCUT2D eigenvalue weighted by Crippen LogP contribution is 2.28. The Bertz CT molecular complexity index is 251. The maximum atomic E-state index is 12.0. The normalized spacial score (nSPS) is 34.0. The zero-order chi connectivity index (χ0) is 12.3. The Morgan fingerprint density at radius 1 is 1.12 bits per heavy atom. The number of likely N-dealkylation sites (tertiary alicyclic amines) is 1. The lowest BCUT2D eigenvalue weighted by Gasteiger charge is -2.35. The van der Waals surface area contributed by atoms with Crippen LogP contribution in [0.15, 0.2) is 0 Å². The third-order valence-corrected chi connectivity index (χ3v) is 4.49. The fourth-order valence-corrected chi connectivity index (χ4v) is 3.37. The third-order valence-electron chi connectivity index (χ3n) is 4.49. The number of nitrogens with zero attached hydrogens (tertiary/aromatic N) is 1. The van der Waals surface area contributed by atoms with Crippen LogP contribution in [-0.4, -0.2) is 36.5 Å². The van der Waals surface area contributed by atoms with Gasteiger partial charge >= 0.3 is 0 Å². The first-order valence-electron chi connectivity index (χ1n) is 7.19. The molecule has 2 aliphatic rings. The second-order valence-corrected chi connectivity index (χ2v) is 5.88. The molecule has 0 aromatic carbocycles. The van der Waals surface area contributed by atoms with E-state index in [-0.39, 0.29) is 0 Å². The van der Waals surface area contributed by atoms with Crippen molar-refractivity contribution in [1.29, 1.82) is 0 Å². The van der Waals surface area contributed by atoms with E-state index in [1.54, 1.807) is 0 Å². The van der Waals surface area contributed by atoms with Crippen LogP contribution in [0, 0.1) is 11.8 Å². The Kier molecular flexibility index (Phi) is 4.43. The van der Waals surface area contributed by atoms with Gasteiger partial charge in [-0.05, 0) is 37.5 Å². The molecule has 17 heavy (non-hydrogen) atoms. The van der Waals surface area contributed by atoms with Crippen LogP contribution in [0.1, 0.15) is 46.0 Å². The molecule has 1 heterocycles. The number of carbonyl (C=O) groups excluding carboxylic acids is 1. The fraction of sp³-hybridized carbons (Fsp3) is 0.929. The Labute approximate surface area is 105 Å². The van der Waals surface area contributed by atoms with Gasteiger partial charge in [-0.25, -0.2) is 0 Å². The molecule has 2 fully saturated rings. The second kappa shape index (κ2) is 5.85. The molecule has 2 rings (SSSR count). The average molecular weight is 238 g/mol. The Hall–Kier alpha value is -0.570. The van der Waals surface area contributed by atoms with Crippen LogP contribution < -0.4 is 5.32 Å². The van der Waals surface area contributed by atoms with Gasteiger partial charge in [-0.2, -0.15) is 0 Å². The zero-order valence-electron chi connectivity index (χ0n) is 11.2. The van der Waals surface area contributed by atoms with Gasteiger partial charge in [-0.15, -0.1) is 0 Å². The Morgan fingerprint density at radius 2 is 1.71 bits per heavy atom. The van der Waals surface area contributed by atoms with Gasteiger partial charge in [0.1, 0.15) is 0 Å². The third kappa shape index (κ3) is 3.21. The number of carbonyl (C=O) groups is 1. The summed E-state index contributed by atoms with van der Waals surface area (Å²) in [5.74, 6) is 1.72. The predicted octanol–water partition coefficient (Wildman–Crippen LogP) is 2.02. The molecule has 1 saturated carbocycles. The van der Waals surface area contributed by atoms with Crippen molar-refractivity contribution in [2.45, 2.75) is 52.0 Å². The van der Waals surface area contributed by atoms with Crippen LogP contribution >= 0.6 is 0 Å². The van der Waals surface area contributed by atoms with Crippen LogP contribution in [0.4, 0.5) is 0 Å². The number of amides is 1. The molecule has 3 heteroatoms. The second-order valence-electron chi connectivity index (χ2n) is 5.88. The molecule has 0 radical (unpaired) electrons. The minimum atomic E-state index is 0.299. The first kappa shape index (κ1) is 12.9. The number of hydrogen-bond donors (Lipinski definition) is 1. The molecule has 1 N–H and O–H groups in total. The van der Waals surface area contributed by atoms with E-state index in [1.165, 1.54) is 32.1 Å². The molecule has 1 aliphatic carbocycles. The highest BCUT2D eigenvalue weighted by molar-refractivity contribution is 5.78. The van der Waals surface area contributed by atoms with Crippen molar-refractivity contribution in [1.82, 2.24) is 10.2 Å². The smallest absolute Gasteiger partial charge is 0.236 e. The molecule has 0 bridgehead atoms. The lowest BCUT2D eigenvalue weighted by molar-refractivity contribution is -0.129. The van der Waals surface area contributed by atoms with Gasteiger partial charge in [0, 0.05) is 19.1 Å². The summed E-state index contributed by atoms with van der Waals surface area (Å²) in [7, 11) is 0. The highest BCUT2D eigenvalue weighted by atomic mass is 16.2. The molecule has 1 amide bonds. The van der Waals surface area contributed by atoms with Crippen molar-refractivity contribution in [3.63, 3.8) is 0 Å². The summed E-state index contributed by atoms with van der Waals surface area (Å²) >= 11 is 0. The summed E-state index contributed by atoms with van der Waals surface area (Å²) in [6.45, 7) is 7.10. The van der Waals surface area contributed by atoms with E-state index in [4.69, 9.17) is 0 Å². The molecule has 0 aromatic heterocycles. The van der Waals surface area contributed by atoms with E-state index in [9.17, 15) is 4.79 Å². The summed E-state index contributed by atoms with van der Waals surface area (Å²) in [5, 5.41) is 3.51. The molecule has 0 spiro atoms. The van der Waals surface area contributed by atoms with E-state index in [1.807, 2.05) is 4.90 Å². The van der Waals surface area contributed by atoms with Crippen LogP contribution in [0.5, 0.6) is 0 Å². The van der Waals surface area contributed by atoms with E-state index < -0.39 is 0 Å². The van der Waals surface area contributed by atoms with Crippen molar-refractivity contribution >= 4 is 5.91 Å². The van der Waals surface area contributed by atoms with Crippen LogP contribution in [0.2, 0.25) is 0 Å². The van der Waals surface area contributed by atoms with Crippen molar-refractivity contribution in [2.24, 2.45) is 11.8 Å². The van der Waals surface area contributed by atoms with Gasteiger partial charge in [-0.1, -0.05) is 20.3 Å². The number of hydrogen-bond acceptors (Lipinski definition) is 2. The highest BCUT2D eigenvalue weighted by Gasteiger charge is 2.28. The first-order valence-corrected chi connectivity index (χ1v) is 7.19. The van der Waals surface area contributed by atoms with Crippen molar-refractivity contribution in [3.05, 3.63) is 0 Å². The average Bonchev–Trinajstić information content (AvgIpc) is 2.81. The summed E-state index contributed by atoms with van der Waals surface area (Å²) in [4.78, 5) is 14.0. The fourth-order valence-electron chi connectivity index (χ4n) is 3.37. The first-order chi connectivity index (χ1) is 8.18. The lowest BCUT2D eigenvalue weighted by atomic mass is 9.79. The molecule has 98 valence electrons. The van der Waals surface area contributed by atoms with Gasteiger partial charge in [0.05, 0.1) is 6.54 Å². The molecule has 1 aliphatic heterocycles. The maximum Gasteiger partial charge on any atom is 0.236 e. The van der Waals surface area contributed by atoms with Gasteiger partial charge in [-0.3, -0.25) is 4.79 Å². The van der Waals surface area contributed by atoms with Crippen LogP contribution in [-0.2, 0) is 4.79 Å². The lowest BCUT2D eigenvalue weighted by Crippen LogP contribution is -2.47. The van der Waals surface area contributed by atoms with E-state index in [0.29, 0.717) is 30.3 Å². The topological polar surface area (TPSA) is 32.3 Å². The minimum Gasteiger partial charge on any atom is -0.342 e. The molecule has 0 aromatic rings. The zero-order valence-corrected chi connectivity index (χ0v) is 11.2. The summed E-state index contributed by atoms with van der Waals surface area (Å²) in [5.41, 5.74) is 0. The SMILES string of the molecule is CC1CCCC(C)C1NCC(=O)N1CCCC1. The monoisotopic (exact) mass is 238 g/mol. The van der Waals surface area contributed by atoms with Crippen LogP contribution in [0.25, 0.3) is 0 Å². The summed E-state index contributed by atoms with van der Waals surface area (Å²) in [6.07, 6.45) is 6.32. The molecule has 2 unspecified atom stereocenters. The van der Waals surface area contributed by atoms with E-state index in [2.05, 4.69) is 19.2 Å². The number of rotatable bonds is 3. The van der Waals surface area contributed by atoms with Gasteiger partial charge in [0.2, 0.25) is 5.91 Å². The van der Waals surface area contributed by atoms with Gasteiger partial charge in [0.25, 0.3) is 0 Å². The molecule has 3 nitrogen and oxygen atoms in total. The molecular formula is C14H26N2O. The number of nitrogens with one attached hydrogen (secondary N) is 1. The Morgan fingerprint density at radius 3 is 2.29 bits per heavy atom. The van der Waals surface area contributed by atoms with E-state index in [0.717, 1.165) is 13.1 Å². The van der Waals surface area contributed by atoms with Gasteiger partial charge in [0.15, 0.2) is 0 Å². The molecular weight excluding hydrogens is 212 g/mol. The molecule has 1 saturated heterocycles. The van der Waals surface area contributed by atoms with Crippen molar-refractivity contribution in [2.75, 3.05) is 19.6 Å². The van der Waals surface area contributed by atoms with Gasteiger partial charge < -0.3 is 10.2 Å². The summed E-state index contributed by atoms with van der Waals surface area (Å²) < 4.78 is 0. The van der Waals surface area contributed by atoms with Crippen LogP contribution in [0.3, 0.4) is 0 Å². The Balaban J connectivity index is 1.77. The van der Waals surface area contributed by atoms with Crippen molar-refractivity contribution in [3.8, 4) is 0 Å². The maximum absolute atomic E-state index is 12.0. The largest absolute Gasteiger partial charge is 0.342 e. The summed E-state index contributed by atoms with van der Waals surface area (Å²) in [6, 6.07) is 0.537. The minimum absolute atomic E-state index is 0.299. The molecule has 2 atom stereocenters. The predicted molar refractivity (Wildman–Crippen MR) is 69.8 cm³/mol.